The van der Waals surface area contributed by atoms with Crippen molar-refractivity contribution in [1.82, 2.24) is 15.1 Å². The summed E-state index contributed by atoms with van der Waals surface area (Å²) >= 11 is 0. The lowest BCUT2D eigenvalue weighted by Crippen LogP contribution is -2.53. The Hall–Kier alpha value is -3.94. The first-order chi connectivity index (χ1) is 18.3. The molecule has 1 heterocycles. The summed E-state index contributed by atoms with van der Waals surface area (Å²) in [7, 11) is 0. The number of amides is 4. The maximum Gasteiger partial charge on any atom is 0.328 e. The summed E-state index contributed by atoms with van der Waals surface area (Å²) in [5, 5.41) is 11.7. The largest absolute Gasteiger partial charge is 0.481 e. The number of aliphatic carboxylic acids is 1. The Balaban J connectivity index is 1.79. The van der Waals surface area contributed by atoms with Crippen molar-refractivity contribution in [2.45, 2.75) is 78.6 Å². The number of carbonyl (C=O) groups is 4. The third-order valence-corrected chi connectivity index (χ3v) is 7.00. The fraction of sp³-hybridized carbons (Fsp3) is 0.419. The van der Waals surface area contributed by atoms with Crippen molar-refractivity contribution in [3.8, 4) is 0 Å². The number of carbonyl (C=O) groups excluding carboxylic acids is 3. The first-order valence-electron chi connectivity index (χ1n) is 13.3. The molecular weight excluding hydrogens is 494 g/mol. The average Bonchev–Trinajstić information content (AvgIpc) is 3.01. The molecule has 8 heteroatoms. The molecule has 3 rings (SSSR count). The average molecular weight is 534 g/mol. The van der Waals surface area contributed by atoms with Gasteiger partial charge in [0.15, 0.2) is 0 Å². The topological polar surface area (TPSA) is 107 Å². The van der Waals surface area contributed by atoms with Crippen LogP contribution in [-0.4, -0.2) is 56.3 Å². The van der Waals surface area contributed by atoms with Gasteiger partial charge in [-0.3, -0.25) is 14.4 Å². The lowest BCUT2D eigenvalue weighted by atomic mass is 9.99. The van der Waals surface area contributed by atoms with Gasteiger partial charge in [0, 0.05) is 12.6 Å². The quantitative estimate of drug-likeness (QED) is 0.309. The van der Waals surface area contributed by atoms with E-state index in [0.29, 0.717) is 0 Å². The molecule has 0 spiro atoms. The minimum Gasteiger partial charge on any atom is -0.481 e. The zero-order valence-corrected chi connectivity index (χ0v) is 23.6. The van der Waals surface area contributed by atoms with Crippen LogP contribution in [0.2, 0.25) is 0 Å². The van der Waals surface area contributed by atoms with Gasteiger partial charge in [0.05, 0.1) is 6.42 Å². The van der Waals surface area contributed by atoms with Crippen molar-refractivity contribution in [3.05, 3.63) is 70.8 Å². The molecule has 2 aromatic rings. The smallest absolute Gasteiger partial charge is 0.328 e. The molecule has 0 saturated carbocycles. The number of rotatable bonds is 11. The molecule has 0 aliphatic carbocycles. The Labute approximate surface area is 230 Å². The maximum absolute atomic E-state index is 13.6. The van der Waals surface area contributed by atoms with Crippen LogP contribution in [0.15, 0.2) is 48.5 Å². The fourth-order valence-electron chi connectivity index (χ4n) is 4.71. The minimum atomic E-state index is -1.15. The lowest BCUT2D eigenvalue weighted by Gasteiger charge is -2.28. The first kappa shape index (κ1) is 29.6. The van der Waals surface area contributed by atoms with E-state index in [1.807, 2.05) is 56.3 Å². The van der Waals surface area contributed by atoms with Gasteiger partial charge in [-0.2, -0.15) is 0 Å². The number of nitrogens with zero attached hydrogens (tertiary/aromatic N) is 2. The Bertz CT molecular complexity index is 1250. The zero-order valence-electron chi connectivity index (χ0n) is 23.6. The molecule has 0 aromatic heterocycles. The van der Waals surface area contributed by atoms with Crippen LogP contribution >= 0.6 is 0 Å². The van der Waals surface area contributed by atoms with E-state index in [-0.39, 0.29) is 25.3 Å². The van der Waals surface area contributed by atoms with E-state index in [0.717, 1.165) is 21.6 Å². The summed E-state index contributed by atoms with van der Waals surface area (Å²) in [5.41, 5.74) is 3.05. The summed E-state index contributed by atoms with van der Waals surface area (Å²) < 4.78 is 0. The van der Waals surface area contributed by atoms with Crippen molar-refractivity contribution in [3.63, 3.8) is 0 Å². The second-order valence-corrected chi connectivity index (χ2v) is 11.2. The van der Waals surface area contributed by atoms with Crippen LogP contribution in [0.5, 0.6) is 0 Å². The van der Waals surface area contributed by atoms with Crippen LogP contribution in [0.4, 0.5) is 4.79 Å². The van der Waals surface area contributed by atoms with Crippen molar-refractivity contribution in [1.29, 1.82) is 0 Å². The highest BCUT2D eigenvalue weighted by molar-refractivity contribution is 6.09. The van der Waals surface area contributed by atoms with Gasteiger partial charge in [-0.25, -0.2) is 9.69 Å². The SMILES string of the molecule is Cc1ccccc1/C=C/c1ccc(CN2C(=O)N([C@H](CC(C)C)C(=O)N[C@H](C)CC(=O)O)C(=O)C2(C)C)cc1. The number of carboxylic acid groups (broad SMARTS) is 1. The molecule has 1 saturated heterocycles. The van der Waals surface area contributed by atoms with E-state index in [1.54, 1.807) is 20.8 Å². The maximum atomic E-state index is 13.6. The predicted octanol–water partition coefficient (Wildman–Crippen LogP) is 5.10. The molecule has 2 N–H and O–H groups in total. The number of hydrogen-bond acceptors (Lipinski definition) is 4. The molecule has 39 heavy (non-hydrogen) atoms. The number of imide groups is 1. The zero-order chi connectivity index (χ0) is 28.9. The van der Waals surface area contributed by atoms with E-state index < -0.39 is 41.4 Å². The Morgan fingerprint density at radius 1 is 1.00 bits per heavy atom. The van der Waals surface area contributed by atoms with Crippen LogP contribution in [-0.2, 0) is 20.9 Å². The third-order valence-electron chi connectivity index (χ3n) is 7.00. The molecule has 0 bridgehead atoms. The molecular formula is C31H39N3O5. The number of aryl methyl sites for hydroxylation is 1. The number of urea groups is 1. The highest BCUT2D eigenvalue weighted by Crippen LogP contribution is 2.32. The molecule has 0 unspecified atom stereocenters. The molecule has 8 nitrogen and oxygen atoms in total. The van der Waals surface area contributed by atoms with E-state index in [9.17, 15) is 19.2 Å². The van der Waals surface area contributed by atoms with Gasteiger partial charge >= 0.3 is 12.0 Å². The van der Waals surface area contributed by atoms with Crippen LogP contribution < -0.4 is 5.32 Å². The van der Waals surface area contributed by atoms with Crippen LogP contribution in [0.25, 0.3) is 12.2 Å². The molecule has 4 amide bonds. The van der Waals surface area contributed by atoms with Crippen molar-refractivity contribution >= 4 is 36.0 Å². The predicted molar refractivity (Wildman–Crippen MR) is 152 cm³/mol. The van der Waals surface area contributed by atoms with E-state index in [1.165, 1.54) is 10.5 Å². The number of hydrogen-bond donors (Lipinski definition) is 2. The van der Waals surface area contributed by atoms with Crippen LogP contribution in [0.1, 0.15) is 69.7 Å². The summed E-state index contributed by atoms with van der Waals surface area (Å²) in [4.78, 5) is 53.9. The summed E-state index contributed by atoms with van der Waals surface area (Å²) in [6.07, 6.45) is 4.11. The number of benzene rings is 2. The van der Waals surface area contributed by atoms with Crippen molar-refractivity contribution in [2.24, 2.45) is 5.92 Å². The first-order valence-corrected chi connectivity index (χ1v) is 13.3. The van der Waals surface area contributed by atoms with Crippen molar-refractivity contribution < 1.29 is 24.3 Å². The Morgan fingerprint density at radius 2 is 1.64 bits per heavy atom. The second kappa shape index (κ2) is 12.3. The summed E-state index contributed by atoms with van der Waals surface area (Å²) in [6.45, 7) is 11.0. The second-order valence-electron chi connectivity index (χ2n) is 11.2. The normalized spacial score (nSPS) is 16.7. The molecule has 2 aromatic carbocycles. The molecule has 2 atom stereocenters. The van der Waals surface area contributed by atoms with E-state index in [2.05, 4.69) is 30.4 Å². The van der Waals surface area contributed by atoms with Gasteiger partial charge in [0.2, 0.25) is 5.91 Å². The molecule has 1 fully saturated rings. The van der Waals surface area contributed by atoms with Gasteiger partial charge in [-0.1, -0.05) is 74.5 Å². The van der Waals surface area contributed by atoms with Crippen molar-refractivity contribution in [2.75, 3.05) is 0 Å². The highest BCUT2D eigenvalue weighted by Gasteiger charge is 2.54. The van der Waals surface area contributed by atoms with E-state index in [4.69, 9.17) is 5.11 Å². The highest BCUT2D eigenvalue weighted by atomic mass is 16.4. The molecule has 0 radical (unpaired) electrons. The van der Waals surface area contributed by atoms with Gasteiger partial charge in [-0.05, 0) is 62.3 Å². The van der Waals surface area contributed by atoms with Gasteiger partial charge in [0.1, 0.15) is 11.6 Å². The van der Waals surface area contributed by atoms with Crippen LogP contribution in [0, 0.1) is 12.8 Å². The number of nitrogens with one attached hydrogen (secondary N) is 1. The number of carboxylic acids is 1. The summed E-state index contributed by atoms with van der Waals surface area (Å²) in [6, 6.07) is 13.7. The molecule has 1 aliphatic heterocycles. The van der Waals surface area contributed by atoms with Gasteiger partial charge in [-0.15, -0.1) is 0 Å². The van der Waals surface area contributed by atoms with Gasteiger partial charge < -0.3 is 15.3 Å². The lowest BCUT2D eigenvalue weighted by molar-refractivity contribution is -0.140. The Kier molecular flexibility index (Phi) is 9.32. The standard InChI is InChI=1S/C31H39N3O5/c1-20(2)17-26(28(37)32-22(4)18-27(35)36)34-29(38)31(5,6)33(30(34)39)19-24-13-11-23(12-14-24)15-16-25-10-8-7-9-21(25)3/h7-16,20,22,26H,17-19H2,1-6H3,(H,32,37)(H,35,36)/b16-15+/t22-,26-/m1/s1. The molecule has 208 valence electrons. The van der Waals surface area contributed by atoms with Gasteiger partial charge in [0.25, 0.3) is 5.91 Å². The fourth-order valence-corrected chi connectivity index (χ4v) is 4.71. The monoisotopic (exact) mass is 533 g/mol. The molecule has 1 aliphatic rings. The summed E-state index contributed by atoms with van der Waals surface area (Å²) in [5.74, 6) is -1.99. The van der Waals surface area contributed by atoms with E-state index >= 15 is 0 Å². The Morgan fingerprint density at radius 3 is 2.23 bits per heavy atom. The third kappa shape index (κ3) is 7.13. The van der Waals surface area contributed by atoms with Crippen LogP contribution in [0.3, 0.4) is 0 Å². The minimum absolute atomic E-state index is 0.0218.